The smallest absolute Gasteiger partial charge is 0.338 e. The molecule has 6 heteroatoms. The lowest BCUT2D eigenvalue weighted by atomic mass is 9.97. The molecule has 2 atom stereocenters. The predicted molar refractivity (Wildman–Crippen MR) is 90.6 cm³/mol. The number of benzene rings is 1. The lowest BCUT2D eigenvalue weighted by Gasteiger charge is -2.38. The first-order valence-corrected chi connectivity index (χ1v) is 8.24. The second kappa shape index (κ2) is 7.95. The van der Waals surface area contributed by atoms with E-state index >= 15 is 0 Å². The quantitative estimate of drug-likeness (QED) is 0.860. The fourth-order valence-corrected chi connectivity index (χ4v) is 3.13. The van der Waals surface area contributed by atoms with Gasteiger partial charge in [-0.1, -0.05) is 6.07 Å². The number of carbonyl (C=O) groups is 3. The minimum Gasteiger partial charge on any atom is -0.452 e. The highest BCUT2D eigenvalue weighted by molar-refractivity contribution is 5.94. The monoisotopic (exact) mass is 332 g/mol. The van der Waals surface area contributed by atoms with Gasteiger partial charge in [-0.2, -0.15) is 0 Å². The molecule has 0 saturated carbocycles. The molecule has 0 spiro atoms. The summed E-state index contributed by atoms with van der Waals surface area (Å²) in [5, 5.41) is 2.61. The Balaban J connectivity index is 1.95. The van der Waals surface area contributed by atoms with Crippen molar-refractivity contribution in [1.29, 1.82) is 0 Å². The van der Waals surface area contributed by atoms with Crippen LogP contribution in [0, 0.1) is 0 Å². The van der Waals surface area contributed by atoms with Gasteiger partial charge in [0.2, 0.25) is 5.91 Å². The Morgan fingerprint density at radius 3 is 2.50 bits per heavy atom. The lowest BCUT2D eigenvalue weighted by molar-refractivity contribution is -0.140. The van der Waals surface area contributed by atoms with E-state index in [0.717, 1.165) is 19.3 Å². The summed E-state index contributed by atoms with van der Waals surface area (Å²) in [5.41, 5.74) is 0.815. The highest BCUT2D eigenvalue weighted by atomic mass is 16.5. The second-order valence-corrected chi connectivity index (χ2v) is 6.27. The maximum atomic E-state index is 12.4. The van der Waals surface area contributed by atoms with Crippen LogP contribution in [0.2, 0.25) is 0 Å². The molecule has 1 fully saturated rings. The van der Waals surface area contributed by atoms with E-state index < -0.39 is 5.97 Å². The summed E-state index contributed by atoms with van der Waals surface area (Å²) in [5.74, 6) is -0.960. The first kappa shape index (κ1) is 18.0. The molecule has 1 N–H and O–H groups in total. The van der Waals surface area contributed by atoms with Crippen molar-refractivity contribution in [3.8, 4) is 0 Å². The number of nitrogens with zero attached hydrogens (tertiary/aromatic N) is 1. The van der Waals surface area contributed by atoms with E-state index in [-0.39, 0.29) is 30.5 Å². The van der Waals surface area contributed by atoms with Crippen molar-refractivity contribution < 1.29 is 19.1 Å². The molecule has 1 aliphatic heterocycles. The number of hydrogen-bond donors (Lipinski definition) is 1. The lowest BCUT2D eigenvalue weighted by Crippen LogP contribution is -2.49. The molecule has 1 aromatic carbocycles. The van der Waals surface area contributed by atoms with E-state index in [2.05, 4.69) is 5.32 Å². The van der Waals surface area contributed by atoms with Gasteiger partial charge in [-0.3, -0.25) is 9.59 Å². The minimum atomic E-state index is -0.576. The van der Waals surface area contributed by atoms with E-state index in [1.54, 1.807) is 18.2 Å². The Bertz CT molecular complexity index is 619. The van der Waals surface area contributed by atoms with E-state index in [4.69, 9.17) is 4.74 Å². The largest absolute Gasteiger partial charge is 0.452 e. The highest BCUT2D eigenvalue weighted by Gasteiger charge is 2.29. The maximum Gasteiger partial charge on any atom is 0.338 e. The Morgan fingerprint density at radius 1 is 1.21 bits per heavy atom. The molecule has 1 aliphatic rings. The standard InChI is InChI=1S/C18H24N2O4/c1-12-6-4-7-13(2)20(12)17(22)11-24-18(23)15-8-5-9-16(10-15)19-14(3)21/h5,8-10,12-13H,4,6-7,11H2,1-3H3,(H,19,21)/t12-,13+. The van der Waals surface area contributed by atoms with Gasteiger partial charge in [0.1, 0.15) is 0 Å². The van der Waals surface area contributed by atoms with E-state index in [0.29, 0.717) is 11.3 Å². The molecule has 0 aromatic heterocycles. The van der Waals surface area contributed by atoms with Crippen LogP contribution in [-0.4, -0.2) is 41.4 Å². The molecule has 1 aromatic rings. The fraction of sp³-hybridized carbons (Fsp3) is 0.500. The summed E-state index contributed by atoms with van der Waals surface area (Å²) in [6, 6.07) is 6.79. The van der Waals surface area contributed by atoms with Gasteiger partial charge in [-0.05, 0) is 51.3 Å². The van der Waals surface area contributed by atoms with Crippen LogP contribution in [0.5, 0.6) is 0 Å². The number of ether oxygens (including phenoxy) is 1. The van der Waals surface area contributed by atoms with Crippen LogP contribution in [0.3, 0.4) is 0 Å². The number of carbonyl (C=O) groups excluding carboxylic acids is 3. The van der Waals surface area contributed by atoms with Gasteiger partial charge in [0.25, 0.3) is 5.91 Å². The molecule has 2 rings (SSSR count). The molecule has 0 unspecified atom stereocenters. The van der Waals surface area contributed by atoms with Gasteiger partial charge in [-0.15, -0.1) is 0 Å². The summed E-state index contributed by atoms with van der Waals surface area (Å²) >= 11 is 0. The zero-order chi connectivity index (χ0) is 17.7. The van der Waals surface area contributed by atoms with Gasteiger partial charge in [0, 0.05) is 24.7 Å². The molecule has 24 heavy (non-hydrogen) atoms. The van der Waals surface area contributed by atoms with Crippen LogP contribution < -0.4 is 5.32 Å². The van der Waals surface area contributed by atoms with Crippen LogP contribution in [0.15, 0.2) is 24.3 Å². The molecule has 2 amide bonds. The van der Waals surface area contributed by atoms with Crippen molar-refractivity contribution in [3.63, 3.8) is 0 Å². The van der Waals surface area contributed by atoms with Crippen LogP contribution in [-0.2, 0) is 14.3 Å². The maximum absolute atomic E-state index is 12.4. The number of anilines is 1. The number of hydrogen-bond acceptors (Lipinski definition) is 4. The van der Waals surface area contributed by atoms with Crippen LogP contribution in [0.25, 0.3) is 0 Å². The third-order valence-electron chi connectivity index (χ3n) is 4.23. The van der Waals surface area contributed by atoms with Gasteiger partial charge in [0.05, 0.1) is 5.56 Å². The SMILES string of the molecule is CC(=O)Nc1cccc(C(=O)OCC(=O)N2[C@H](C)CCC[C@@H]2C)c1. The Kier molecular flexibility index (Phi) is 5.95. The number of amides is 2. The molecule has 0 radical (unpaired) electrons. The average Bonchev–Trinajstić information content (AvgIpc) is 2.52. The molecule has 1 heterocycles. The van der Waals surface area contributed by atoms with E-state index in [1.807, 2.05) is 18.7 Å². The third-order valence-corrected chi connectivity index (χ3v) is 4.23. The Labute approximate surface area is 142 Å². The second-order valence-electron chi connectivity index (χ2n) is 6.27. The minimum absolute atomic E-state index is 0.166. The number of nitrogens with one attached hydrogen (secondary N) is 1. The topological polar surface area (TPSA) is 75.7 Å². The summed E-state index contributed by atoms with van der Waals surface area (Å²) in [6.07, 6.45) is 3.06. The van der Waals surface area contributed by atoms with E-state index in [9.17, 15) is 14.4 Å². The van der Waals surface area contributed by atoms with Gasteiger partial charge in [-0.25, -0.2) is 4.79 Å². The summed E-state index contributed by atoms with van der Waals surface area (Å²) in [7, 11) is 0. The normalized spacial score (nSPS) is 20.4. The molecule has 0 bridgehead atoms. The van der Waals surface area contributed by atoms with Crippen LogP contribution >= 0.6 is 0 Å². The van der Waals surface area contributed by atoms with Crippen molar-refractivity contribution >= 4 is 23.5 Å². The summed E-state index contributed by atoms with van der Waals surface area (Å²) in [6.45, 7) is 5.17. The van der Waals surface area contributed by atoms with Crippen LogP contribution in [0.1, 0.15) is 50.4 Å². The first-order chi connectivity index (χ1) is 11.4. The fourth-order valence-electron chi connectivity index (χ4n) is 3.13. The van der Waals surface area contributed by atoms with Gasteiger partial charge in [0.15, 0.2) is 6.61 Å². The van der Waals surface area contributed by atoms with Crippen molar-refractivity contribution in [3.05, 3.63) is 29.8 Å². The average molecular weight is 332 g/mol. The predicted octanol–water partition coefficient (Wildman–Crippen LogP) is 2.59. The number of rotatable bonds is 4. The summed E-state index contributed by atoms with van der Waals surface area (Å²) < 4.78 is 5.16. The van der Waals surface area contributed by atoms with Gasteiger partial charge >= 0.3 is 5.97 Å². The van der Waals surface area contributed by atoms with E-state index in [1.165, 1.54) is 13.0 Å². The Morgan fingerprint density at radius 2 is 1.88 bits per heavy atom. The van der Waals surface area contributed by atoms with Crippen molar-refractivity contribution in [2.75, 3.05) is 11.9 Å². The third kappa shape index (κ3) is 4.57. The molecule has 6 nitrogen and oxygen atoms in total. The molecular weight excluding hydrogens is 308 g/mol. The highest BCUT2D eigenvalue weighted by Crippen LogP contribution is 2.22. The Hall–Kier alpha value is -2.37. The summed E-state index contributed by atoms with van der Waals surface area (Å²) in [4.78, 5) is 37.4. The number of piperidine rings is 1. The van der Waals surface area contributed by atoms with Crippen LogP contribution in [0.4, 0.5) is 5.69 Å². The first-order valence-electron chi connectivity index (χ1n) is 8.24. The zero-order valence-corrected chi connectivity index (χ0v) is 14.4. The zero-order valence-electron chi connectivity index (χ0n) is 14.4. The number of esters is 1. The molecule has 1 saturated heterocycles. The molecule has 130 valence electrons. The molecular formula is C18H24N2O4. The molecule has 0 aliphatic carbocycles. The number of likely N-dealkylation sites (tertiary alicyclic amines) is 1. The van der Waals surface area contributed by atoms with Gasteiger partial charge < -0.3 is 15.0 Å². The van der Waals surface area contributed by atoms with Crippen molar-refractivity contribution in [2.24, 2.45) is 0 Å². The van der Waals surface area contributed by atoms with Crippen molar-refractivity contribution in [1.82, 2.24) is 4.90 Å². The van der Waals surface area contributed by atoms with Crippen molar-refractivity contribution in [2.45, 2.75) is 52.1 Å².